The van der Waals surface area contributed by atoms with Gasteiger partial charge >= 0.3 is 0 Å². The fourth-order valence-corrected chi connectivity index (χ4v) is 4.90. The zero-order chi connectivity index (χ0) is 22.3. The molecule has 2 atom stereocenters. The maximum Gasteiger partial charge on any atom is 0.290 e. The number of fused-ring (bicyclic) bond motifs is 1. The molecule has 170 valence electrons. The highest BCUT2D eigenvalue weighted by molar-refractivity contribution is 6.33. The van der Waals surface area contributed by atoms with Crippen LogP contribution in [0.25, 0.3) is 11.0 Å². The van der Waals surface area contributed by atoms with Gasteiger partial charge in [0.2, 0.25) is 0 Å². The van der Waals surface area contributed by atoms with E-state index in [1.165, 1.54) is 0 Å². The van der Waals surface area contributed by atoms with E-state index in [-0.39, 0.29) is 24.2 Å². The van der Waals surface area contributed by atoms with Gasteiger partial charge in [-0.05, 0) is 53.5 Å². The summed E-state index contributed by atoms with van der Waals surface area (Å²) in [4.78, 5) is 17.4. The highest BCUT2D eigenvalue weighted by Crippen LogP contribution is 2.36. The van der Waals surface area contributed by atoms with Crippen molar-refractivity contribution in [3.63, 3.8) is 0 Å². The minimum Gasteiger partial charge on any atom is -0.489 e. The molecular formula is C24H33ClN2O4. The molecule has 0 N–H and O–H groups in total. The Kier molecular flexibility index (Phi) is 6.52. The van der Waals surface area contributed by atoms with Crippen LogP contribution < -0.4 is 4.74 Å². The highest BCUT2D eigenvalue weighted by Gasteiger charge is 2.30. The summed E-state index contributed by atoms with van der Waals surface area (Å²) in [7, 11) is 0. The summed E-state index contributed by atoms with van der Waals surface area (Å²) >= 11 is 6.56. The average molecular weight is 449 g/mol. The summed E-state index contributed by atoms with van der Waals surface area (Å²) in [6, 6.07) is 4.25. The Morgan fingerprint density at radius 3 is 2.42 bits per heavy atom. The Morgan fingerprint density at radius 1 is 1.16 bits per heavy atom. The summed E-state index contributed by atoms with van der Waals surface area (Å²) in [6.07, 6.45) is 2.10. The second kappa shape index (κ2) is 9.00. The van der Waals surface area contributed by atoms with E-state index in [9.17, 15) is 4.79 Å². The van der Waals surface area contributed by atoms with Crippen molar-refractivity contribution in [3.05, 3.63) is 28.5 Å². The first kappa shape index (κ1) is 22.4. The van der Waals surface area contributed by atoms with Gasteiger partial charge in [0.15, 0.2) is 5.76 Å². The van der Waals surface area contributed by atoms with Crippen LogP contribution in [-0.4, -0.2) is 66.2 Å². The molecule has 0 saturated carbocycles. The molecule has 0 bridgehead atoms. The molecule has 0 spiro atoms. The van der Waals surface area contributed by atoms with Gasteiger partial charge in [-0.2, -0.15) is 0 Å². The maximum absolute atomic E-state index is 13.2. The Labute approximate surface area is 189 Å². The predicted octanol–water partition coefficient (Wildman–Crippen LogP) is 4.90. The highest BCUT2D eigenvalue weighted by atomic mass is 35.5. The van der Waals surface area contributed by atoms with Crippen LogP contribution in [0.4, 0.5) is 0 Å². The first-order valence-corrected chi connectivity index (χ1v) is 11.7. The molecule has 1 aromatic carbocycles. The Balaban J connectivity index is 1.53. The summed E-state index contributed by atoms with van der Waals surface area (Å²) in [6.45, 7) is 13.5. The molecule has 2 unspecified atom stereocenters. The van der Waals surface area contributed by atoms with Crippen LogP contribution in [0.2, 0.25) is 5.02 Å². The zero-order valence-electron chi connectivity index (χ0n) is 19.1. The third-order valence-electron chi connectivity index (χ3n) is 6.39. The smallest absolute Gasteiger partial charge is 0.290 e. The molecule has 1 amide bonds. The number of piperidine rings is 1. The molecule has 2 aliphatic heterocycles. The van der Waals surface area contributed by atoms with E-state index in [1.54, 1.807) is 0 Å². The van der Waals surface area contributed by atoms with E-state index in [4.69, 9.17) is 25.5 Å². The molecule has 4 rings (SSSR count). The number of rotatable bonds is 4. The van der Waals surface area contributed by atoms with Crippen molar-refractivity contribution in [1.29, 1.82) is 0 Å². The van der Waals surface area contributed by atoms with Crippen molar-refractivity contribution in [2.75, 3.05) is 26.2 Å². The second-order valence-corrected chi connectivity index (χ2v) is 9.66. The van der Waals surface area contributed by atoms with Crippen LogP contribution in [0, 0.1) is 6.92 Å². The largest absolute Gasteiger partial charge is 0.489 e. The zero-order valence-corrected chi connectivity index (χ0v) is 19.9. The van der Waals surface area contributed by atoms with Crippen LogP contribution in [0.1, 0.15) is 56.7 Å². The van der Waals surface area contributed by atoms with Gasteiger partial charge in [-0.25, -0.2) is 0 Å². The molecule has 1 aromatic heterocycles. The van der Waals surface area contributed by atoms with Crippen molar-refractivity contribution >= 4 is 28.5 Å². The van der Waals surface area contributed by atoms with Gasteiger partial charge in [0, 0.05) is 49.2 Å². The standard InChI is InChI=1S/C24H33ClN2O4/c1-14(2)26-8-6-18(7-9-26)30-22-11-21-19(10-20(22)25)17(5)23(31-21)24(28)27-12-15(3)29-16(4)13-27/h10-11,14-16,18H,6-9,12-13H2,1-5H3. The lowest BCUT2D eigenvalue weighted by molar-refractivity contribution is -0.0592. The molecule has 0 aliphatic carbocycles. The second-order valence-electron chi connectivity index (χ2n) is 9.25. The number of hydrogen-bond acceptors (Lipinski definition) is 5. The van der Waals surface area contributed by atoms with Gasteiger partial charge in [-0.3, -0.25) is 4.79 Å². The number of benzene rings is 1. The quantitative estimate of drug-likeness (QED) is 0.666. The van der Waals surface area contributed by atoms with Gasteiger partial charge in [-0.1, -0.05) is 11.6 Å². The van der Waals surface area contributed by atoms with E-state index >= 15 is 0 Å². The number of hydrogen-bond donors (Lipinski definition) is 0. The number of likely N-dealkylation sites (tertiary alicyclic amines) is 1. The van der Waals surface area contributed by atoms with Crippen molar-refractivity contribution in [3.8, 4) is 5.75 Å². The molecule has 3 heterocycles. The van der Waals surface area contributed by atoms with E-state index in [0.29, 0.717) is 41.2 Å². The van der Waals surface area contributed by atoms with Crippen molar-refractivity contribution in [2.45, 2.75) is 71.8 Å². The average Bonchev–Trinajstić information content (AvgIpc) is 3.03. The summed E-state index contributed by atoms with van der Waals surface area (Å²) < 4.78 is 18.0. The maximum atomic E-state index is 13.2. The van der Waals surface area contributed by atoms with Crippen LogP contribution in [0.5, 0.6) is 5.75 Å². The number of furan rings is 1. The number of morpholine rings is 1. The number of amides is 1. The van der Waals surface area contributed by atoms with E-state index in [1.807, 2.05) is 37.8 Å². The minimum atomic E-state index is -0.102. The molecule has 2 fully saturated rings. The minimum absolute atomic E-state index is 0.00828. The molecular weight excluding hydrogens is 416 g/mol. The molecule has 6 nitrogen and oxygen atoms in total. The number of halogens is 1. The SMILES string of the molecule is Cc1c(C(=O)N2CC(C)OC(C)C2)oc2cc(OC3CCN(C(C)C)CC3)c(Cl)cc12. The van der Waals surface area contributed by atoms with Crippen LogP contribution >= 0.6 is 11.6 Å². The van der Waals surface area contributed by atoms with Gasteiger partial charge in [0.25, 0.3) is 5.91 Å². The number of carbonyl (C=O) groups is 1. The first-order valence-electron chi connectivity index (χ1n) is 11.3. The normalized spacial score (nSPS) is 23.6. The third kappa shape index (κ3) is 4.71. The Bertz CT molecular complexity index is 939. The third-order valence-corrected chi connectivity index (χ3v) is 6.69. The summed E-state index contributed by atoms with van der Waals surface area (Å²) in [5.41, 5.74) is 1.44. The van der Waals surface area contributed by atoms with Crippen molar-refractivity contribution < 1.29 is 18.7 Å². The lowest BCUT2D eigenvalue weighted by atomic mass is 10.1. The van der Waals surface area contributed by atoms with Crippen molar-refractivity contribution in [2.24, 2.45) is 0 Å². The monoisotopic (exact) mass is 448 g/mol. The topological polar surface area (TPSA) is 55.2 Å². The molecule has 2 aromatic rings. The molecule has 7 heteroatoms. The van der Waals surface area contributed by atoms with Crippen molar-refractivity contribution in [1.82, 2.24) is 9.80 Å². The molecule has 31 heavy (non-hydrogen) atoms. The van der Waals surface area contributed by atoms with Gasteiger partial charge in [0.05, 0.1) is 17.2 Å². The van der Waals surface area contributed by atoms with E-state index < -0.39 is 0 Å². The van der Waals surface area contributed by atoms with Gasteiger partial charge in [0.1, 0.15) is 17.4 Å². The van der Waals surface area contributed by atoms with Crippen LogP contribution in [-0.2, 0) is 4.74 Å². The number of aryl methyl sites for hydroxylation is 1. The Morgan fingerprint density at radius 2 is 1.81 bits per heavy atom. The molecule has 0 radical (unpaired) electrons. The number of carbonyl (C=O) groups excluding carboxylic acids is 1. The summed E-state index contributed by atoms with van der Waals surface area (Å²) in [5.74, 6) is 0.892. The number of nitrogens with zero attached hydrogens (tertiary/aromatic N) is 2. The fourth-order valence-electron chi connectivity index (χ4n) is 4.69. The van der Waals surface area contributed by atoms with E-state index in [2.05, 4.69) is 18.7 Å². The van der Waals surface area contributed by atoms with E-state index in [0.717, 1.165) is 36.9 Å². The predicted molar refractivity (Wildman–Crippen MR) is 122 cm³/mol. The van der Waals surface area contributed by atoms with Crippen LogP contribution in [0.15, 0.2) is 16.5 Å². The lowest BCUT2D eigenvalue weighted by Crippen LogP contribution is -2.48. The first-order chi connectivity index (χ1) is 14.7. The molecule has 2 aliphatic rings. The Hall–Kier alpha value is -1.76. The molecule has 2 saturated heterocycles. The van der Waals surface area contributed by atoms with Gasteiger partial charge in [-0.15, -0.1) is 0 Å². The lowest BCUT2D eigenvalue weighted by Gasteiger charge is -2.34. The summed E-state index contributed by atoms with van der Waals surface area (Å²) in [5, 5.41) is 1.40. The van der Waals surface area contributed by atoms with Crippen LogP contribution in [0.3, 0.4) is 0 Å². The van der Waals surface area contributed by atoms with Gasteiger partial charge < -0.3 is 23.7 Å². The fraction of sp³-hybridized carbons (Fsp3) is 0.625. The number of ether oxygens (including phenoxy) is 2.